The number of carbonyl (C=O) groups excluding carboxylic acids is 2. The quantitative estimate of drug-likeness (QED) is 0.709. The van der Waals surface area contributed by atoms with Crippen LogP contribution in [0.1, 0.15) is 24.0 Å². The van der Waals surface area contributed by atoms with E-state index in [-0.39, 0.29) is 17.5 Å². The van der Waals surface area contributed by atoms with Gasteiger partial charge in [0.2, 0.25) is 11.8 Å². The first-order chi connectivity index (χ1) is 13.5. The Bertz CT molecular complexity index is 935. The lowest BCUT2D eigenvalue weighted by atomic mass is 9.90. The molecule has 0 spiro atoms. The lowest BCUT2D eigenvalue weighted by molar-refractivity contribution is -0.117. The van der Waals surface area contributed by atoms with Gasteiger partial charge in [0.15, 0.2) is 0 Å². The van der Waals surface area contributed by atoms with E-state index in [0.29, 0.717) is 5.69 Å². The topological polar surface area (TPSA) is 49.4 Å². The Hall–Kier alpha value is -3.47. The smallest absolute Gasteiger partial charge is 0.236 e. The van der Waals surface area contributed by atoms with E-state index in [1.165, 1.54) is 30.0 Å². The number of anilines is 2. The SMILES string of the molecule is CC(=O)N(C)c1ccc(F)cc1NC(=O)C(c1ccccc1)c1ccccc1. The first kappa shape index (κ1) is 19.3. The molecule has 5 heteroatoms. The highest BCUT2D eigenvalue weighted by molar-refractivity contribution is 6.03. The molecule has 2 amide bonds. The molecule has 0 aromatic heterocycles. The molecule has 3 aromatic carbocycles. The molecule has 28 heavy (non-hydrogen) atoms. The molecule has 4 nitrogen and oxygen atoms in total. The number of carbonyl (C=O) groups is 2. The van der Waals surface area contributed by atoms with Gasteiger partial charge in [-0.05, 0) is 29.3 Å². The minimum atomic E-state index is -0.568. The number of nitrogens with one attached hydrogen (secondary N) is 1. The van der Waals surface area contributed by atoms with Gasteiger partial charge < -0.3 is 10.2 Å². The molecule has 0 heterocycles. The largest absolute Gasteiger partial charge is 0.323 e. The van der Waals surface area contributed by atoms with Gasteiger partial charge in [0, 0.05) is 14.0 Å². The number of rotatable bonds is 5. The fraction of sp³-hybridized carbons (Fsp3) is 0.130. The summed E-state index contributed by atoms with van der Waals surface area (Å²) in [6.07, 6.45) is 0. The average molecular weight is 376 g/mol. The van der Waals surface area contributed by atoms with Crippen molar-refractivity contribution in [3.8, 4) is 0 Å². The summed E-state index contributed by atoms with van der Waals surface area (Å²) in [7, 11) is 1.58. The third-order valence-corrected chi connectivity index (χ3v) is 4.58. The molecule has 142 valence electrons. The maximum atomic E-state index is 13.9. The molecule has 0 atom stereocenters. The number of halogens is 1. The van der Waals surface area contributed by atoms with Crippen LogP contribution in [0.2, 0.25) is 0 Å². The zero-order chi connectivity index (χ0) is 20.1. The second kappa shape index (κ2) is 8.48. The monoisotopic (exact) mass is 376 g/mol. The summed E-state index contributed by atoms with van der Waals surface area (Å²) < 4.78 is 13.9. The summed E-state index contributed by atoms with van der Waals surface area (Å²) in [5, 5.41) is 2.81. The highest BCUT2D eigenvalue weighted by atomic mass is 19.1. The van der Waals surface area contributed by atoms with Crippen LogP contribution >= 0.6 is 0 Å². The first-order valence-electron chi connectivity index (χ1n) is 8.92. The van der Waals surface area contributed by atoms with Crippen LogP contribution in [0, 0.1) is 5.82 Å². The summed E-state index contributed by atoms with van der Waals surface area (Å²) in [4.78, 5) is 26.4. The van der Waals surface area contributed by atoms with Crippen LogP contribution in [0.3, 0.4) is 0 Å². The van der Waals surface area contributed by atoms with Crippen LogP contribution in [0.5, 0.6) is 0 Å². The van der Waals surface area contributed by atoms with Crippen LogP contribution in [-0.4, -0.2) is 18.9 Å². The Morgan fingerprint density at radius 2 is 1.43 bits per heavy atom. The first-order valence-corrected chi connectivity index (χ1v) is 8.92. The highest BCUT2D eigenvalue weighted by Crippen LogP contribution is 2.30. The molecule has 0 saturated heterocycles. The van der Waals surface area contributed by atoms with E-state index in [0.717, 1.165) is 11.1 Å². The Kier molecular flexibility index (Phi) is 5.84. The molecule has 0 fully saturated rings. The van der Waals surface area contributed by atoms with Gasteiger partial charge in [-0.25, -0.2) is 4.39 Å². The Morgan fingerprint density at radius 3 is 1.93 bits per heavy atom. The second-order valence-corrected chi connectivity index (χ2v) is 6.48. The molecule has 3 aromatic rings. The molecule has 3 rings (SSSR count). The fourth-order valence-electron chi connectivity index (χ4n) is 3.06. The van der Waals surface area contributed by atoms with Gasteiger partial charge in [-0.15, -0.1) is 0 Å². The van der Waals surface area contributed by atoms with Crippen molar-refractivity contribution >= 4 is 23.2 Å². The molecule has 1 N–H and O–H groups in total. The molecule has 0 saturated carbocycles. The third kappa shape index (κ3) is 4.26. The minimum Gasteiger partial charge on any atom is -0.323 e. The Morgan fingerprint density at radius 1 is 0.893 bits per heavy atom. The summed E-state index contributed by atoms with van der Waals surface area (Å²) in [6, 6.07) is 22.7. The van der Waals surface area contributed by atoms with E-state index < -0.39 is 11.7 Å². The van der Waals surface area contributed by atoms with Crippen LogP contribution in [-0.2, 0) is 9.59 Å². The molecule has 0 aliphatic rings. The van der Waals surface area contributed by atoms with E-state index in [9.17, 15) is 14.0 Å². The standard InChI is InChI=1S/C23H21FN2O2/c1-16(27)26(2)21-14-13-19(24)15-20(21)25-23(28)22(17-9-5-3-6-10-17)18-11-7-4-8-12-18/h3-15,22H,1-2H3,(H,25,28). The molecular formula is C23H21FN2O2. The Labute approximate surface area is 163 Å². The summed E-state index contributed by atoms with van der Waals surface area (Å²) in [5.41, 5.74) is 2.33. The maximum absolute atomic E-state index is 13.9. The van der Waals surface area contributed by atoms with Gasteiger partial charge in [-0.3, -0.25) is 9.59 Å². The lowest BCUT2D eigenvalue weighted by Crippen LogP contribution is -2.27. The summed E-state index contributed by atoms with van der Waals surface area (Å²) in [5.74, 6) is -1.58. The van der Waals surface area contributed by atoms with Crippen molar-refractivity contribution in [1.29, 1.82) is 0 Å². The van der Waals surface area contributed by atoms with Crippen molar-refractivity contribution in [2.24, 2.45) is 0 Å². The minimum absolute atomic E-state index is 0.218. The van der Waals surface area contributed by atoms with Crippen molar-refractivity contribution < 1.29 is 14.0 Å². The third-order valence-electron chi connectivity index (χ3n) is 4.58. The van der Waals surface area contributed by atoms with Crippen molar-refractivity contribution in [3.63, 3.8) is 0 Å². The van der Waals surface area contributed by atoms with Gasteiger partial charge in [-0.1, -0.05) is 60.7 Å². The predicted molar refractivity (Wildman–Crippen MR) is 109 cm³/mol. The second-order valence-electron chi connectivity index (χ2n) is 6.48. The van der Waals surface area contributed by atoms with Crippen LogP contribution in [0.4, 0.5) is 15.8 Å². The van der Waals surface area contributed by atoms with E-state index in [1.807, 2.05) is 60.7 Å². The van der Waals surface area contributed by atoms with E-state index in [2.05, 4.69) is 5.32 Å². The number of hydrogen-bond donors (Lipinski definition) is 1. The molecule has 0 unspecified atom stereocenters. The normalized spacial score (nSPS) is 10.6. The van der Waals surface area contributed by atoms with Gasteiger partial charge >= 0.3 is 0 Å². The van der Waals surface area contributed by atoms with Crippen molar-refractivity contribution in [2.75, 3.05) is 17.3 Å². The van der Waals surface area contributed by atoms with Gasteiger partial charge in [0.25, 0.3) is 0 Å². The van der Waals surface area contributed by atoms with Gasteiger partial charge in [-0.2, -0.15) is 0 Å². The van der Waals surface area contributed by atoms with E-state index >= 15 is 0 Å². The molecule has 0 radical (unpaired) electrons. The number of amides is 2. The van der Waals surface area contributed by atoms with E-state index in [4.69, 9.17) is 0 Å². The van der Waals surface area contributed by atoms with Crippen molar-refractivity contribution in [1.82, 2.24) is 0 Å². The zero-order valence-electron chi connectivity index (χ0n) is 15.7. The highest BCUT2D eigenvalue weighted by Gasteiger charge is 2.24. The van der Waals surface area contributed by atoms with Gasteiger partial charge in [0.1, 0.15) is 5.82 Å². The number of benzene rings is 3. The summed E-state index contributed by atoms with van der Waals surface area (Å²) in [6.45, 7) is 1.41. The molecular weight excluding hydrogens is 355 g/mol. The van der Waals surface area contributed by atoms with Gasteiger partial charge in [0.05, 0.1) is 17.3 Å². The number of nitrogens with zero attached hydrogens (tertiary/aromatic N) is 1. The summed E-state index contributed by atoms with van der Waals surface area (Å²) >= 11 is 0. The molecule has 0 aliphatic heterocycles. The molecule has 0 bridgehead atoms. The Balaban J connectivity index is 2.00. The maximum Gasteiger partial charge on any atom is 0.236 e. The van der Waals surface area contributed by atoms with Crippen molar-refractivity contribution in [2.45, 2.75) is 12.8 Å². The average Bonchev–Trinajstić information content (AvgIpc) is 2.69. The van der Waals surface area contributed by atoms with Crippen LogP contribution in [0.25, 0.3) is 0 Å². The van der Waals surface area contributed by atoms with Crippen LogP contribution in [0.15, 0.2) is 78.9 Å². The van der Waals surface area contributed by atoms with Crippen molar-refractivity contribution in [3.05, 3.63) is 95.8 Å². The lowest BCUT2D eigenvalue weighted by Gasteiger charge is -2.22. The zero-order valence-corrected chi connectivity index (χ0v) is 15.7. The van der Waals surface area contributed by atoms with Crippen LogP contribution < -0.4 is 10.2 Å². The number of hydrogen-bond acceptors (Lipinski definition) is 2. The fourth-order valence-corrected chi connectivity index (χ4v) is 3.06. The van der Waals surface area contributed by atoms with E-state index in [1.54, 1.807) is 7.05 Å². The molecule has 0 aliphatic carbocycles. The predicted octanol–water partition coefficient (Wildman–Crippen LogP) is 4.58.